The van der Waals surface area contributed by atoms with Crippen molar-refractivity contribution in [2.45, 2.75) is 13.3 Å². The van der Waals surface area contributed by atoms with E-state index in [1.165, 1.54) is 0 Å². The van der Waals surface area contributed by atoms with E-state index in [0.717, 1.165) is 11.1 Å². The first-order valence-corrected chi connectivity index (χ1v) is 3.97. The molecule has 68 valence electrons. The Morgan fingerprint density at radius 1 is 1.46 bits per heavy atom. The van der Waals surface area contributed by atoms with Crippen LogP contribution in [0.3, 0.4) is 0 Å². The van der Waals surface area contributed by atoms with Crippen molar-refractivity contribution in [3.05, 3.63) is 35.4 Å². The van der Waals surface area contributed by atoms with Crippen LogP contribution < -0.4 is 5.84 Å². The van der Waals surface area contributed by atoms with E-state index in [2.05, 4.69) is 10.3 Å². The Morgan fingerprint density at radius 3 is 2.77 bits per heavy atom. The van der Waals surface area contributed by atoms with Gasteiger partial charge in [0.25, 0.3) is 0 Å². The first kappa shape index (κ1) is 9.38. The lowest BCUT2D eigenvalue weighted by atomic mass is 10.1. The van der Waals surface area contributed by atoms with Crippen LogP contribution in [0.25, 0.3) is 0 Å². The van der Waals surface area contributed by atoms with E-state index in [9.17, 15) is 0 Å². The molecule has 0 bridgehead atoms. The molecule has 0 aromatic heterocycles. The third-order valence-corrected chi connectivity index (χ3v) is 1.80. The zero-order valence-electron chi connectivity index (χ0n) is 7.49. The van der Waals surface area contributed by atoms with Crippen LogP contribution in [0.4, 0.5) is 0 Å². The van der Waals surface area contributed by atoms with Gasteiger partial charge < -0.3 is 5.84 Å². The number of rotatable bonds is 2. The maximum atomic E-state index is 7.38. The molecule has 0 fully saturated rings. The van der Waals surface area contributed by atoms with E-state index in [1.54, 1.807) is 0 Å². The molecule has 0 aliphatic heterocycles. The van der Waals surface area contributed by atoms with Crippen LogP contribution in [0.1, 0.15) is 11.1 Å². The fraction of sp³-hybridized carbons (Fsp3) is 0.222. The summed E-state index contributed by atoms with van der Waals surface area (Å²) in [5, 5.41) is 13.9. The van der Waals surface area contributed by atoms with Crippen LogP contribution in [0.15, 0.2) is 34.6 Å². The minimum Gasteiger partial charge on any atom is -0.305 e. The van der Waals surface area contributed by atoms with Gasteiger partial charge in [0.05, 0.1) is 0 Å². The Morgan fingerprint density at radius 2 is 2.15 bits per heavy atom. The number of aryl methyl sites for hydroxylation is 1. The van der Waals surface area contributed by atoms with Crippen LogP contribution in [0.5, 0.6) is 0 Å². The number of nitrogens with two attached hydrogens (primary N) is 1. The van der Waals surface area contributed by atoms with Gasteiger partial charge in [0.15, 0.2) is 0 Å². The zero-order valence-corrected chi connectivity index (χ0v) is 7.49. The molecule has 0 aliphatic rings. The van der Waals surface area contributed by atoms with Crippen LogP contribution in [-0.2, 0) is 6.42 Å². The van der Waals surface area contributed by atoms with Crippen molar-refractivity contribution in [1.29, 1.82) is 5.41 Å². The maximum Gasteiger partial charge on any atom is 0.149 e. The molecular weight excluding hydrogens is 164 g/mol. The Balaban J connectivity index is 2.74. The normalized spacial score (nSPS) is 10.5. The van der Waals surface area contributed by atoms with Gasteiger partial charge in [-0.15, -0.1) is 5.11 Å². The molecule has 0 spiro atoms. The van der Waals surface area contributed by atoms with Gasteiger partial charge in [-0.3, -0.25) is 5.41 Å². The highest BCUT2D eigenvalue weighted by Crippen LogP contribution is 2.08. The van der Waals surface area contributed by atoms with Gasteiger partial charge in [-0.1, -0.05) is 29.5 Å². The molecule has 0 saturated carbocycles. The summed E-state index contributed by atoms with van der Waals surface area (Å²) in [5.41, 5.74) is 2.24. The minimum atomic E-state index is 0.178. The number of benzene rings is 1. The predicted molar refractivity (Wildman–Crippen MR) is 51.7 cm³/mol. The first-order chi connectivity index (χ1) is 6.24. The Bertz CT molecular complexity index is 330. The molecule has 0 amide bonds. The summed E-state index contributed by atoms with van der Waals surface area (Å²) in [6.07, 6.45) is 0.480. The standard InChI is InChI=1S/C9H12N4/c1-7-4-2-3-5-8(7)6-9(10)12-13-11/h2-5H,6H2,1H3,(H3,10,11,12). The van der Waals surface area contributed by atoms with E-state index in [1.807, 2.05) is 31.2 Å². The average Bonchev–Trinajstić information content (AvgIpc) is 2.09. The SMILES string of the molecule is Cc1ccccc1CC(=N)N=NN. The van der Waals surface area contributed by atoms with Gasteiger partial charge in [0, 0.05) is 6.42 Å². The van der Waals surface area contributed by atoms with Gasteiger partial charge in [-0.05, 0) is 18.1 Å². The largest absolute Gasteiger partial charge is 0.305 e. The van der Waals surface area contributed by atoms with Crippen molar-refractivity contribution in [3.63, 3.8) is 0 Å². The quantitative estimate of drug-likeness (QED) is 0.233. The van der Waals surface area contributed by atoms with Crippen molar-refractivity contribution in [1.82, 2.24) is 0 Å². The van der Waals surface area contributed by atoms with Gasteiger partial charge in [0.1, 0.15) is 5.84 Å². The van der Waals surface area contributed by atoms with Crippen LogP contribution in [0.2, 0.25) is 0 Å². The summed E-state index contributed by atoms with van der Waals surface area (Å²) in [6.45, 7) is 2.00. The Kier molecular flexibility index (Phi) is 3.14. The van der Waals surface area contributed by atoms with Crippen molar-refractivity contribution in [2.24, 2.45) is 16.2 Å². The minimum absolute atomic E-state index is 0.178. The summed E-state index contributed by atoms with van der Waals surface area (Å²) in [5.74, 6) is 5.02. The smallest absolute Gasteiger partial charge is 0.149 e. The second-order valence-electron chi connectivity index (χ2n) is 2.77. The van der Waals surface area contributed by atoms with Crippen LogP contribution in [0, 0.1) is 12.3 Å². The molecule has 0 saturated heterocycles. The second-order valence-corrected chi connectivity index (χ2v) is 2.77. The van der Waals surface area contributed by atoms with Gasteiger partial charge in [-0.25, -0.2) is 0 Å². The van der Waals surface area contributed by atoms with E-state index in [0.29, 0.717) is 6.42 Å². The summed E-state index contributed by atoms with van der Waals surface area (Å²) in [7, 11) is 0. The van der Waals surface area contributed by atoms with Crippen molar-refractivity contribution in [3.8, 4) is 0 Å². The summed E-state index contributed by atoms with van der Waals surface area (Å²) >= 11 is 0. The lowest BCUT2D eigenvalue weighted by molar-refractivity contribution is 1.05. The fourth-order valence-corrected chi connectivity index (χ4v) is 1.09. The highest BCUT2D eigenvalue weighted by atomic mass is 15.3. The molecular formula is C9H12N4. The number of amidine groups is 1. The van der Waals surface area contributed by atoms with Crippen LogP contribution >= 0.6 is 0 Å². The fourth-order valence-electron chi connectivity index (χ4n) is 1.09. The first-order valence-electron chi connectivity index (χ1n) is 3.97. The lowest BCUT2D eigenvalue weighted by Gasteiger charge is -2.01. The molecule has 0 heterocycles. The van der Waals surface area contributed by atoms with Gasteiger partial charge >= 0.3 is 0 Å². The van der Waals surface area contributed by atoms with Gasteiger partial charge in [-0.2, -0.15) is 0 Å². The molecule has 0 radical (unpaired) electrons. The van der Waals surface area contributed by atoms with E-state index < -0.39 is 0 Å². The van der Waals surface area contributed by atoms with Crippen molar-refractivity contribution < 1.29 is 0 Å². The second kappa shape index (κ2) is 4.35. The van der Waals surface area contributed by atoms with Gasteiger partial charge in [0.2, 0.25) is 0 Å². The molecule has 3 N–H and O–H groups in total. The topological polar surface area (TPSA) is 74.6 Å². The Hall–Kier alpha value is -1.71. The van der Waals surface area contributed by atoms with E-state index >= 15 is 0 Å². The van der Waals surface area contributed by atoms with E-state index in [4.69, 9.17) is 11.3 Å². The molecule has 0 unspecified atom stereocenters. The number of nitrogens with zero attached hydrogens (tertiary/aromatic N) is 2. The highest BCUT2D eigenvalue weighted by Gasteiger charge is 2.00. The molecule has 0 atom stereocenters. The molecule has 4 heteroatoms. The summed E-state index contributed by atoms with van der Waals surface area (Å²) in [6, 6.07) is 7.88. The number of nitrogens with one attached hydrogen (secondary N) is 1. The molecule has 1 aromatic carbocycles. The molecule has 13 heavy (non-hydrogen) atoms. The lowest BCUT2D eigenvalue weighted by Crippen LogP contribution is -1.99. The molecule has 1 aromatic rings. The molecule has 4 nitrogen and oxygen atoms in total. The third-order valence-electron chi connectivity index (χ3n) is 1.80. The predicted octanol–water partition coefficient (Wildman–Crippen LogP) is 1.84. The van der Waals surface area contributed by atoms with Crippen LogP contribution in [-0.4, -0.2) is 5.84 Å². The van der Waals surface area contributed by atoms with E-state index in [-0.39, 0.29) is 5.84 Å². The Labute approximate surface area is 77.0 Å². The summed E-state index contributed by atoms with van der Waals surface area (Å²) in [4.78, 5) is 0. The maximum absolute atomic E-state index is 7.38. The number of hydrogen-bond acceptors (Lipinski definition) is 2. The summed E-state index contributed by atoms with van der Waals surface area (Å²) < 4.78 is 0. The molecule has 0 aliphatic carbocycles. The average molecular weight is 176 g/mol. The molecule has 1 rings (SSSR count). The monoisotopic (exact) mass is 176 g/mol. The number of hydrogen-bond donors (Lipinski definition) is 2. The highest BCUT2D eigenvalue weighted by molar-refractivity contribution is 5.81. The van der Waals surface area contributed by atoms with Crippen molar-refractivity contribution in [2.75, 3.05) is 0 Å². The van der Waals surface area contributed by atoms with Crippen molar-refractivity contribution >= 4 is 5.84 Å². The third kappa shape index (κ3) is 2.66. The zero-order chi connectivity index (χ0) is 9.68.